The van der Waals surface area contributed by atoms with Crippen molar-refractivity contribution in [2.45, 2.75) is 0 Å². The molecule has 0 radical (unpaired) electrons. The lowest BCUT2D eigenvalue weighted by Crippen LogP contribution is -2.05. The van der Waals surface area contributed by atoms with E-state index in [1.165, 1.54) is 19.4 Å². The van der Waals surface area contributed by atoms with Gasteiger partial charge in [0.25, 0.3) is 0 Å². The molecule has 0 aliphatic carbocycles. The van der Waals surface area contributed by atoms with Gasteiger partial charge < -0.3 is 4.74 Å². The molecule has 1 aromatic rings. The smallest absolute Gasteiger partial charge is 0.225 e. The van der Waals surface area contributed by atoms with E-state index in [1.807, 2.05) is 0 Å². The number of hydrogen-bond acceptors (Lipinski definition) is 3. The van der Waals surface area contributed by atoms with Crippen molar-refractivity contribution < 1.29 is 9.53 Å². The van der Waals surface area contributed by atoms with Gasteiger partial charge >= 0.3 is 0 Å². The van der Waals surface area contributed by atoms with Crippen molar-refractivity contribution in [3.8, 4) is 5.88 Å². The quantitative estimate of drug-likeness (QED) is 0.578. The maximum atomic E-state index is 11.3. The zero-order valence-corrected chi connectivity index (χ0v) is 8.39. The molecular formula is C8H7Cl2NO2. The van der Waals surface area contributed by atoms with Gasteiger partial charge in [-0.15, -0.1) is 11.6 Å². The molecule has 0 saturated carbocycles. The Hall–Kier alpha value is -0.800. The van der Waals surface area contributed by atoms with Crippen LogP contribution >= 0.6 is 23.2 Å². The molecule has 5 heteroatoms. The van der Waals surface area contributed by atoms with Crippen LogP contribution in [-0.4, -0.2) is 23.8 Å². The summed E-state index contributed by atoms with van der Waals surface area (Å²) in [6, 6.07) is 1.52. The third kappa shape index (κ3) is 2.11. The molecule has 1 rings (SSSR count). The second-order valence-electron chi connectivity index (χ2n) is 2.23. The number of pyridine rings is 1. The van der Waals surface area contributed by atoms with Crippen LogP contribution in [0.1, 0.15) is 10.4 Å². The number of nitrogens with zero attached hydrogens (tertiary/aromatic N) is 1. The molecule has 0 atom stereocenters. The number of rotatable bonds is 3. The molecule has 0 N–H and O–H groups in total. The number of alkyl halides is 1. The fourth-order valence-corrected chi connectivity index (χ4v) is 1.27. The molecule has 0 saturated heterocycles. The van der Waals surface area contributed by atoms with Crippen molar-refractivity contribution in [2.75, 3.05) is 13.0 Å². The zero-order chi connectivity index (χ0) is 9.84. The minimum Gasteiger partial charge on any atom is -0.480 e. The van der Waals surface area contributed by atoms with Crippen LogP contribution < -0.4 is 4.74 Å². The van der Waals surface area contributed by atoms with Gasteiger partial charge in [0.05, 0.1) is 23.6 Å². The van der Waals surface area contributed by atoms with Crippen molar-refractivity contribution >= 4 is 29.0 Å². The number of methoxy groups -OCH3 is 1. The van der Waals surface area contributed by atoms with E-state index >= 15 is 0 Å². The van der Waals surface area contributed by atoms with Gasteiger partial charge in [-0.2, -0.15) is 0 Å². The van der Waals surface area contributed by atoms with E-state index in [4.69, 9.17) is 27.9 Å². The number of Topliss-reactive ketones (excluding diaryl/α,β-unsaturated/α-hetero) is 1. The van der Waals surface area contributed by atoms with E-state index in [-0.39, 0.29) is 23.1 Å². The minimum atomic E-state index is -0.295. The summed E-state index contributed by atoms with van der Waals surface area (Å²) in [6.45, 7) is 0. The maximum absolute atomic E-state index is 11.3. The van der Waals surface area contributed by atoms with Crippen molar-refractivity contribution in [2.24, 2.45) is 0 Å². The van der Waals surface area contributed by atoms with E-state index in [0.29, 0.717) is 5.02 Å². The summed E-state index contributed by atoms with van der Waals surface area (Å²) >= 11 is 11.2. The fraction of sp³-hybridized carbons (Fsp3) is 0.250. The number of carbonyl (C=O) groups is 1. The first kappa shape index (κ1) is 10.3. The van der Waals surface area contributed by atoms with E-state index in [1.54, 1.807) is 0 Å². The molecule has 13 heavy (non-hydrogen) atoms. The summed E-state index contributed by atoms with van der Waals surface area (Å²) in [6.07, 6.45) is 1.46. The molecule has 0 spiro atoms. The number of carbonyl (C=O) groups excluding carboxylic acids is 1. The van der Waals surface area contributed by atoms with Crippen LogP contribution in [0, 0.1) is 0 Å². The van der Waals surface area contributed by atoms with E-state index < -0.39 is 0 Å². The molecular weight excluding hydrogens is 213 g/mol. The molecule has 0 fully saturated rings. The number of hydrogen-bond donors (Lipinski definition) is 0. The lowest BCUT2D eigenvalue weighted by molar-refractivity contribution is 0.101. The van der Waals surface area contributed by atoms with Gasteiger partial charge in [-0.3, -0.25) is 4.79 Å². The Kier molecular flexibility index (Phi) is 3.51. The Balaban J connectivity index is 3.22. The molecule has 0 aliphatic heterocycles. The first-order chi connectivity index (χ1) is 6.20. The van der Waals surface area contributed by atoms with Crippen LogP contribution in [0.3, 0.4) is 0 Å². The largest absolute Gasteiger partial charge is 0.480 e. The summed E-state index contributed by atoms with van der Waals surface area (Å²) in [5, 5.41) is 0.303. The lowest BCUT2D eigenvalue weighted by Gasteiger charge is -2.05. The van der Waals surface area contributed by atoms with Crippen molar-refractivity contribution in [3.05, 3.63) is 22.8 Å². The Labute approximate surface area is 85.6 Å². The Bertz CT molecular complexity index is 328. The van der Waals surface area contributed by atoms with Gasteiger partial charge in [-0.1, -0.05) is 11.6 Å². The second-order valence-corrected chi connectivity index (χ2v) is 2.91. The van der Waals surface area contributed by atoms with Crippen molar-refractivity contribution in [3.63, 3.8) is 0 Å². The summed E-state index contributed by atoms with van der Waals surface area (Å²) in [5.74, 6) is -0.225. The Morgan fingerprint density at radius 2 is 2.38 bits per heavy atom. The average molecular weight is 220 g/mol. The Morgan fingerprint density at radius 3 is 2.92 bits per heavy atom. The molecule has 0 aliphatic rings. The van der Waals surface area contributed by atoms with Gasteiger partial charge in [-0.05, 0) is 6.07 Å². The molecule has 1 heterocycles. The zero-order valence-electron chi connectivity index (χ0n) is 6.88. The van der Waals surface area contributed by atoms with Crippen LogP contribution in [0.5, 0.6) is 5.88 Å². The molecule has 0 bridgehead atoms. The SMILES string of the molecule is COc1nccc(Cl)c1C(=O)CCl. The van der Waals surface area contributed by atoms with Crippen LogP contribution in [0.4, 0.5) is 0 Å². The maximum Gasteiger partial charge on any atom is 0.225 e. The predicted molar refractivity (Wildman–Crippen MR) is 50.8 cm³/mol. The average Bonchev–Trinajstić information content (AvgIpc) is 2.16. The van der Waals surface area contributed by atoms with Gasteiger partial charge in [0.2, 0.25) is 5.88 Å². The Morgan fingerprint density at radius 1 is 1.69 bits per heavy atom. The highest BCUT2D eigenvalue weighted by molar-refractivity contribution is 6.37. The monoisotopic (exact) mass is 219 g/mol. The summed E-state index contributed by atoms with van der Waals surface area (Å²) in [4.78, 5) is 15.1. The van der Waals surface area contributed by atoms with E-state index in [9.17, 15) is 4.79 Å². The summed E-state index contributed by atoms with van der Waals surface area (Å²) in [7, 11) is 1.42. The molecule has 70 valence electrons. The topological polar surface area (TPSA) is 39.2 Å². The molecule has 1 aromatic heterocycles. The van der Waals surface area contributed by atoms with Crippen LogP contribution in [0.2, 0.25) is 5.02 Å². The fourth-order valence-electron chi connectivity index (χ4n) is 0.894. The first-order valence-corrected chi connectivity index (χ1v) is 4.39. The predicted octanol–water partition coefficient (Wildman–Crippen LogP) is 2.17. The first-order valence-electron chi connectivity index (χ1n) is 3.48. The number of ketones is 1. The minimum absolute atomic E-state index is 0.137. The third-order valence-electron chi connectivity index (χ3n) is 1.46. The molecule has 0 unspecified atom stereocenters. The molecule has 0 amide bonds. The van der Waals surface area contributed by atoms with Gasteiger partial charge in [0.15, 0.2) is 5.78 Å². The number of ether oxygens (including phenoxy) is 1. The van der Waals surface area contributed by atoms with Gasteiger partial charge in [0.1, 0.15) is 0 Å². The highest BCUT2D eigenvalue weighted by atomic mass is 35.5. The second kappa shape index (κ2) is 4.44. The summed E-state index contributed by atoms with van der Waals surface area (Å²) < 4.78 is 4.87. The van der Waals surface area contributed by atoms with E-state index in [0.717, 1.165) is 0 Å². The summed E-state index contributed by atoms with van der Waals surface area (Å²) in [5.41, 5.74) is 0.238. The van der Waals surface area contributed by atoms with Crippen molar-refractivity contribution in [1.82, 2.24) is 4.98 Å². The highest BCUT2D eigenvalue weighted by Crippen LogP contribution is 2.24. The molecule has 0 aromatic carbocycles. The van der Waals surface area contributed by atoms with Crippen LogP contribution in [0.15, 0.2) is 12.3 Å². The van der Waals surface area contributed by atoms with Crippen molar-refractivity contribution in [1.29, 1.82) is 0 Å². The van der Waals surface area contributed by atoms with Crippen LogP contribution in [-0.2, 0) is 0 Å². The van der Waals surface area contributed by atoms with E-state index in [2.05, 4.69) is 4.98 Å². The third-order valence-corrected chi connectivity index (χ3v) is 2.02. The number of halogens is 2. The molecule has 3 nitrogen and oxygen atoms in total. The highest BCUT2D eigenvalue weighted by Gasteiger charge is 2.15. The lowest BCUT2D eigenvalue weighted by atomic mass is 10.2. The van der Waals surface area contributed by atoms with Crippen LogP contribution in [0.25, 0.3) is 0 Å². The number of aromatic nitrogens is 1. The normalized spacial score (nSPS) is 9.77. The standard InChI is InChI=1S/C8H7Cl2NO2/c1-13-8-7(6(12)4-9)5(10)2-3-11-8/h2-3H,4H2,1H3. The van der Waals surface area contributed by atoms with Gasteiger partial charge in [0, 0.05) is 6.20 Å². The van der Waals surface area contributed by atoms with Gasteiger partial charge in [-0.25, -0.2) is 4.98 Å².